The molecule has 190 valence electrons. The van der Waals surface area contributed by atoms with Gasteiger partial charge in [0.1, 0.15) is 24.7 Å². The van der Waals surface area contributed by atoms with Crippen LogP contribution in [-0.2, 0) is 11.2 Å². The summed E-state index contributed by atoms with van der Waals surface area (Å²) in [4.78, 5) is 31.4. The molecule has 2 heterocycles. The van der Waals surface area contributed by atoms with Crippen LogP contribution < -0.4 is 10.1 Å². The highest BCUT2D eigenvalue weighted by Gasteiger charge is 2.34. The summed E-state index contributed by atoms with van der Waals surface area (Å²) in [5, 5.41) is 5.40. The van der Waals surface area contributed by atoms with E-state index >= 15 is 0 Å². The van der Waals surface area contributed by atoms with Crippen LogP contribution in [0.2, 0.25) is 5.02 Å². The third kappa shape index (κ3) is 6.17. The molecular formula is C27H29ClFN3O3S. The topological polar surface area (TPSA) is 61.9 Å². The van der Waals surface area contributed by atoms with Gasteiger partial charge in [-0.2, -0.15) is 0 Å². The normalized spacial score (nSPS) is 15.7. The average Bonchev–Trinajstić information content (AvgIpc) is 3.35. The second kappa shape index (κ2) is 11.8. The molecule has 6 nitrogen and oxygen atoms in total. The summed E-state index contributed by atoms with van der Waals surface area (Å²) in [6.45, 7) is 4.61. The van der Waals surface area contributed by atoms with Gasteiger partial charge < -0.3 is 19.9 Å². The van der Waals surface area contributed by atoms with Crippen molar-refractivity contribution >= 4 is 40.6 Å². The number of halogens is 2. The molecule has 1 aliphatic rings. The van der Waals surface area contributed by atoms with Crippen molar-refractivity contribution in [2.45, 2.75) is 38.8 Å². The Balaban J connectivity index is 1.50. The number of urea groups is 1. The minimum atomic E-state index is -0.354. The number of carbonyl (C=O) groups is 2. The molecule has 0 saturated carbocycles. The van der Waals surface area contributed by atoms with Crippen molar-refractivity contribution in [1.29, 1.82) is 0 Å². The SMILES string of the molecule is CC[C@H](C)N(CC(=O)N1CCc2sccc2[C@H]1COc1ccc(F)cc1)C(=O)Nc1cccc(Cl)c1. The summed E-state index contributed by atoms with van der Waals surface area (Å²) < 4.78 is 19.2. The Morgan fingerprint density at radius 1 is 1.25 bits per heavy atom. The van der Waals surface area contributed by atoms with Crippen LogP contribution in [0.5, 0.6) is 5.75 Å². The van der Waals surface area contributed by atoms with Crippen molar-refractivity contribution < 1.29 is 18.7 Å². The van der Waals surface area contributed by atoms with Gasteiger partial charge in [0.15, 0.2) is 0 Å². The van der Waals surface area contributed by atoms with Crippen molar-refractivity contribution in [3.05, 3.63) is 81.3 Å². The quantitative estimate of drug-likeness (QED) is 0.368. The van der Waals surface area contributed by atoms with Crippen molar-refractivity contribution in [3.8, 4) is 5.75 Å². The van der Waals surface area contributed by atoms with Crippen LogP contribution in [0.25, 0.3) is 0 Å². The standard InChI is InChI=1S/C27H29ClFN3O3S/c1-3-18(2)32(27(34)30-21-6-4-5-19(28)15-21)16-26(33)31-13-11-25-23(12-14-36-25)24(31)17-35-22-9-7-20(29)8-10-22/h4-10,12,14-15,18,24H,3,11,13,16-17H2,1-2H3,(H,30,34)/t18-,24+/m0/s1. The minimum Gasteiger partial charge on any atom is -0.491 e. The monoisotopic (exact) mass is 529 g/mol. The largest absolute Gasteiger partial charge is 0.491 e. The van der Waals surface area contributed by atoms with Gasteiger partial charge in [0.25, 0.3) is 0 Å². The third-order valence-electron chi connectivity index (χ3n) is 6.40. The lowest BCUT2D eigenvalue weighted by molar-refractivity contribution is -0.135. The molecule has 0 radical (unpaired) electrons. The highest BCUT2D eigenvalue weighted by atomic mass is 35.5. The Bertz CT molecular complexity index is 1200. The van der Waals surface area contributed by atoms with E-state index in [2.05, 4.69) is 5.32 Å². The first-order chi connectivity index (χ1) is 17.4. The second-order valence-electron chi connectivity index (χ2n) is 8.74. The van der Waals surface area contributed by atoms with E-state index in [-0.39, 0.29) is 43.0 Å². The number of nitrogens with one attached hydrogen (secondary N) is 1. The average molecular weight is 530 g/mol. The summed E-state index contributed by atoms with van der Waals surface area (Å²) in [5.41, 5.74) is 1.62. The maximum absolute atomic E-state index is 13.6. The van der Waals surface area contributed by atoms with Crippen molar-refractivity contribution in [2.75, 3.05) is 25.0 Å². The third-order valence-corrected chi connectivity index (χ3v) is 7.63. The number of carbonyl (C=O) groups excluding carboxylic acids is 2. The second-order valence-corrected chi connectivity index (χ2v) is 10.2. The van der Waals surface area contributed by atoms with E-state index in [1.54, 1.807) is 57.5 Å². The molecule has 0 bridgehead atoms. The van der Waals surface area contributed by atoms with Gasteiger partial charge in [0.05, 0.1) is 6.04 Å². The smallest absolute Gasteiger partial charge is 0.322 e. The first-order valence-corrected chi connectivity index (χ1v) is 13.2. The molecule has 0 saturated heterocycles. The number of anilines is 1. The molecule has 36 heavy (non-hydrogen) atoms. The van der Waals surface area contributed by atoms with Gasteiger partial charge in [-0.15, -0.1) is 11.3 Å². The lowest BCUT2D eigenvalue weighted by Crippen LogP contribution is -2.50. The zero-order chi connectivity index (χ0) is 25.7. The Kier molecular flexibility index (Phi) is 8.48. The molecule has 1 aromatic heterocycles. The zero-order valence-corrected chi connectivity index (χ0v) is 21.8. The van der Waals surface area contributed by atoms with Gasteiger partial charge in [-0.25, -0.2) is 9.18 Å². The number of rotatable bonds is 8. The highest BCUT2D eigenvalue weighted by molar-refractivity contribution is 7.10. The van der Waals surface area contributed by atoms with Gasteiger partial charge in [0, 0.05) is 28.2 Å². The minimum absolute atomic E-state index is 0.0616. The first-order valence-electron chi connectivity index (χ1n) is 11.9. The van der Waals surface area contributed by atoms with E-state index in [4.69, 9.17) is 16.3 Å². The summed E-state index contributed by atoms with van der Waals surface area (Å²) >= 11 is 7.73. The molecule has 2 atom stereocenters. The van der Waals surface area contributed by atoms with Crippen LogP contribution in [0.4, 0.5) is 14.9 Å². The van der Waals surface area contributed by atoms with Gasteiger partial charge in [-0.3, -0.25) is 4.79 Å². The van der Waals surface area contributed by atoms with Gasteiger partial charge >= 0.3 is 6.03 Å². The van der Waals surface area contributed by atoms with E-state index < -0.39 is 0 Å². The van der Waals surface area contributed by atoms with E-state index in [0.29, 0.717) is 29.4 Å². The number of hydrogen-bond donors (Lipinski definition) is 1. The van der Waals surface area contributed by atoms with E-state index in [1.165, 1.54) is 17.0 Å². The fraction of sp³-hybridized carbons (Fsp3) is 0.333. The summed E-state index contributed by atoms with van der Waals surface area (Å²) in [6, 6.07) is 14.0. The maximum atomic E-state index is 13.6. The molecule has 9 heteroatoms. The number of amides is 3. The van der Waals surface area contributed by atoms with Crippen LogP contribution in [-0.4, -0.2) is 47.5 Å². The van der Waals surface area contributed by atoms with Crippen LogP contribution in [0.1, 0.15) is 36.8 Å². The number of benzene rings is 2. The van der Waals surface area contributed by atoms with E-state index in [9.17, 15) is 14.0 Å². The molecule has 0 spiro atoms. The Morgan fingerprint density at radius 2 is 2.03 bits per heavy atom. The predicted octanol–water partition coefficient (Wildman–Crippen LogP) is 6.38. The molecular weight excluding hydrogens is 501 g/mol. The fourth-order valence-electron chi connectivity index (χ4n) is 4.23. The molecule has 0 unspecified atom stereocenters. The Morgan fingerprint density at radius 3 is 2.75 bits per heavy atom. The summed E-state index contributed by atoms with van der Waals surface area (Å²) in [7, 11) is 0. The van der Waals surface area contributed by atoms with Crippen LogP contribution >= 0.6 is 22.9 Å². The molecule has 3 amide bonds. The highest BCUT2D eigenvalue weighted by Crippen LogP contribution is 2.34. The molecule has 1 N–H and O–H groups in total. The molecule has 0 aliphatic carbocycles. The Hall–Kier alpha value is -3.10. The number of thiophene rings is 1. The zero-order valence-electron chi connectivity index (χ0n) is 20.2. The predicted molar refractivity (Wildman–Crippen MR) is 141 cm³/mol. The van der Waals surface area contributed by atoms with Gasteiger partial charge in [-0.05, 0) is 79.2 Å². The number of fused-ring (bicyclic) bond motifs is 1. The van der Waals surface area contributed by atoms with Crippen LogP contribution in [0.3, 0.4) is 0 Å². The van der Waals surface area contributed by atoms with E-state index in [0.717, 1.165) is 12.0 Å². The van der Waals surface area contributed by atoms with Crippen molar-refractivity contribution in [3.63, 3.8) is 0 Å². The van der Waals surface area contributed by atoms with E-state index in [1.807, 2.05) is 25.3 Å². The van der Waals surface area contributed by atoms with Gasteiger partial charge in [-0.1, -0.05) is 24.6 Å². The Labute approximate surface area is 219 Å². The molecule has 1 aliphatic heterocycles. The first kappa shape index (κ1) is 26.0. The maximum Gasteiger partial charge on any atom is 0.322 e. The number of hydrogen-bond acceptors (Lipinski definition) is 4. The van der Waals surface area contributed by atoms with Crippen LogP contribution in [0, 0.1) is 5.82 Å². The number of ether oxygens (including phenoxy) is 1. The molecule has 0 fully saturated rings. The molecule has 4 rings (SSSR count). The molecule has 2 aromatic carbocycles. The lowest BCUT2D eigenvalue weighted by Gasteiger charge is -2.38. The van der Waals surface area contributed by atoms with Gasteiger partial charge in [0.2, 0.25) is 5.91 Å². The summed E-state index contributed by atoms with van der Waals surface area (Å²) in [5.74, 6) is 0.0486. The van der Waals surface area contributed by atoms with Crippen molar-refractivity contribution in [1.82, 2.24) is 9.80 Å². The molecule has 3 aromatic rings. The lowest BCUT2D eigenvalue weighted by atomic mass is 10.00. The number of nitrogens with zero attached hydrogens (tertiary/aromatic N) is 2. The van der Waals surface area contributed by atoms with Crippen molar-refractivity contribution in [2.24, 2.45) is 0 Å². The summed E-state index contributed by atoms with van der Waals surface area (Å²) in [6.07, 6.45) is 1.45. The van der Waals surface area contributed by atoms with Crippen LogP contribution in [0.15, 0.2) is 60.0 Å². The fourth-order valence-corrected chi connectivity index (χ4v) is 5.35.